The molecular weight excluding hydrogens is 384 g/mol. The van der Waals surface area contributed by atoms with Crippen LogP contribution >= 0.6 is 34.5 Å². The van der Waals surface area contributed by atoms with Gasteiger partial charge in [0.25, 0.3) is 5.91 Å². The van der Waals surface area contributed by atoms with E-state index in [0.717, 1.165) is 16.9 Å². The molecule has 0 spiro atoms. The third kappa shape index (κ3) is 4.69. The van der Waals surface area contributed by atoms with Gasteiger partial charge in [0.15, 0.2) is 9.97 Å². The molecule has 4 nitrogen and oxygen atoms in total. The summed E-state index contributed by atoms with van der Waals surface area (Å²) >= 11 is 12.4. The molecule has 128 valence electrons. The number of nitrogens with one attached hydrogen (secondary N) is 2. The maximum absolute atomic E-state index is 12.9. The summed E-state index contributed by atoms with van der Waals surface area (Å²) in [5, 5.41) is 8.33. The van der Waals surface area contributed by atoms with Crippen molar-refractivity contribution in [1.82, 2.24) is 4.98 Å². The molecule has 2 aromatic carbocycles. The van der Waals surface area contributed by atoms with E-state index >= 15 is 0 Å². The highest BCUT2D eigenvalue weighted by Crippen LogP contribution is 2.28. The third-order valence-electron chi connectivity index (χ3n) is 3.25. The lowest BCUT2D eigenvalue weighted by Crippen LogP contribution is -2.18. The minimum atomic E-state index is -1.11. The standard InChI is InChI=1S/C17H12Cl2FN3OS/c18-15(19)16(24)21-12-5-1-10(2-6-12)14-9-25-17(23-14)22-13-7-3-11(20)4-8-13/h1-9,15H,(H,21,24)(H,22,23). The van der Waals surface area contributed by atoms with Gasteiger partial charge in [0, 0.05) is 22.3 Å². The van der Waals surface area contributed by atoms with Gasteiger partial charge in [-0.2, -0.15) is 0 Å². The first kappa shape index (κ1) is 17.7. The predicted molar refractivity (Wildman–Crippen MR) is 101 cm³/mol. The van der Waals surface area contributed by atoms with Gasteiger partial charge in [-0.1, -0.05) is 35.3 Å². The smallest absolute Gasteiger partial charge is 0.257 e. The van der Waals surface area contributed by atoms with Crippen LogP contribution in [0.4, 0.5) is 20.9 Å². The Hall–Kier alpha value is -2.15. The van der Waals surface area contributed by atoms with Crippen LogP contribution in [0.25, 0.3) is 11.3 Å². The molecule has 8 heteroatoms. The predicted octanol–water partition coefficient (Wildman–Crippen LogP) is 5.44. The van der Waals surface area contributed by atoms with Crippen molar-refractivity contribution in [1.29, 1.82) is 0 Å². The molecule has 0 saturated carbocycles. The molecule has 0 fully saturated rings. The van der Waals surface area contributed by atoms with Crippen LogP contribution in [-0.2, 0) is 4.79 Å². The molecule has 25 heavy (non-hydrogen) atoms. The maximum Gasteiger partial charge on any atom is 0.257 e. The Balaban J connectivity index is 1.69. The minimum absolute atomic E-state index is 0.285. The van der Waals surface area contributed by atoms with E-state index in [1.54, 1.807) is 24.3 Å². The van der Waals surface area contributed by atoms with Gasteiger partial charge in [-0.25, -0.2) is 9.37 Å². The number of nitrogens with zero attached hydrogens (tertiary/aromatic N) is 1. The molecule has 0 aliphatic rings. The zero-order chi connectivity index (χ0) is 17.8. The second-order valence-corrected chi connectivity index (χ2v) is 6.99. The van der Waals surface area contributed by atoms with Crippen molar-refractivity contribution in [2.45, 2.75) is 4.84 Å². The molecular formula is C17H12Cl2FN3OS. The number of aromatic nitrogens is 1. The zero-order valence-corrected chi connectivity index (χ0v) is 15.0. The Morgan fingerprint density at radius 2 is 1.68 bits per heavy atom. The van der Waals surface area contributed by atoms with Gasteiger partial charge in [-0.15, -0.1) is 11.3 Å². The Bertz CT molecular complexity index is 866. The van der Waals surface area contributed by atoms with Crippen LogP contribution in [0, 0.1) is 5.82 Å². The molecule has 0 aliphatic carbocycles. The summed E-state index contributed by atoms with van der Waals surface area (Å²) in [5.74, 6) is -0.761. The van der Waals surface area contributed by atoms with Crippen LogP contribution < -0.4 is 10.6 Å². The summed E-state index contributed by atoms with van der Waals surface area (Å²) < 4.78 is 12.9. The van der Waals surface area contributed by atoms with Gasteiger partial charge in [-0.05, 0) is 36.4 Å². The number of benzene rings is 2. The fourth-order valence-corrected chi connectivity index (χ4v) is 2.89. The van der Waals surface area contributed by atoms with Gasteiger partial charge in [0.1, 0.15) is 5.82 Å². The Morgan fingerprint density at radius 1 is 1.04 bits per heavy atom. The van der Waals surface area contributed by atoms with E-state index in [-0.39, 0.29) is 5.82 Å². The summed E-state index contributed by atoms with van der Waals surface area (Å²) in [7, 11) is 0. The molecule has 1 amide bonds. The summed E-state index contributed by atoms with van der Waals surface area (Å²) in [5.41, 5.74) is 3.05. The van der Waals surface area contributed by atoms with Crippen LogP contribution in [0.1, 0.15) is 0 Å². The van der Waals surface area contributed by atoms with Crippen molar-refractivity contribution in [2.75, 3.05) is 10.6 Å². The number of carbonyl (C=O) groups is 1. The summed E-state index contributed by atoms with van der Waals surface area (Å²) in [6, 6.07) is 13.2. The summed E-state index contributed by atoms with van der Waals surface area (Å²) in [6.07, 6.45) is 0. The molecule has 0 unspecified atom stereocenters. The first-order valence-corrected chi connectivity index (χ1v) is 8.94. The fourth-order valence-electron chi connectivity index (χ4n) is 2.04. The van der Waals surface area contributed by atoms with Crippen molar-refractivity contribution >= 4 is 57.0 Å². The van der Waals surface area contributed by atoms with Gasteiger partial charge in [0.05, 0.1) is 5.69 Å². The molecule has 0 saturated heterocycles. The molecule has 0 atom stereocenters. The van der Waals surface area contributed by atoms with Gasteiger partial charge >= 0.3 is 0 Å². The van der Waals surface area contributed by atoms with E-state index < -0.39 is 10.7 Å². The Morgan fingerprint density at radius 3 is 2.32 bits per heavy atom. The molecule has 3 aromatic rings. The van der Waals surface area contributed by atoms with Crippen molar-refractivity contribution in [2.24, 2.45) is 0 Å². The van der Waals surface area contributed by atoms with E-state index in [0.29, 0.717) is 10.8 Å². The van der Waals surface area contributed by atoms with Gasteiger partial charge in [0.2, 0.25) is 0 Å². The fraction of sp³-hybridized carbons (Fsp3) is 0.0588. The van der Waals surface area contributed by atoms with Gasteiger partial charge in [-0.3, -0.25) is 4.79 Å². The molecule has 0 bridgehead atoms. The van der Waals surface area contributed by atoms with Crippen LogP contribution in [0.2, 0.25) is 0 Å². The zero-order valence-electron chi connectivity index (χ0n) is 12.7. The van der Waals surface area contributed by atoms with Crippen molar-refractivity contribution in [3.05, 3.63) is 59.7 Å². The average Bonchev–Trinajstić information content (AvgIpc) is 3.06. The molecule has 1 heterocycles. The SMILES string of the molecule is O=C(Nc1ccc(-c2csc(Nc3ccc(F)cc3)n2)cc1)C(Cl)Cl. The molecule has 0 radical (unpaired) electrons. The number of hydrogen-bond donors (Lipinski definition) is 2. The van der Waals surface area contributed by atoms with Crippen molar-refractivity contribution < 1.29 is 9.18 Å². The highest BCUT2D eigenvalue weighted by atomic mass is 35.5. The van der Waals surface area contributed by atoms with E-state index in [2.05, 4.69) is 15.6 Å². The first-order valence-electron chi connectivity index (χ1n) is 7.19. The lowest BCUT2D eigenvalue weighted by Gasteiger charge is -2.06. The molecule has 2 N–H and O–H groups in total. The lowest BCUT2D eigenvalue weighted by atomic mass is 10.1. The Kier molecular flexibility index (Phi) is 5.53. The second kappa shape index (κ2) is 7.82. The topological polar surface area (TPSA) is 54.0 Å². The minimum Gasteiger partial charge on any atom is -0.332 e. The average molecular weight is 396 g/mol. The number of amides is 1. The number of anilines is 3. The Labute approximate surface area is 157 Å². The summed E-state index contributed by atoms with van der Waals surface area (Å²) in [4.78, 5) is 14.8. The number of rotatable bonds is 5. The lowest BCUT2D eigenvalue weighted by molar-refractivity contribution is -0.114. The quantitative estimate of drug-likeness (QED) is 0.565. The van der Waals surface area contributed by atoms with Crippen molar-refractivity contribution in [3.8, 4) is 11.3 Å². The highest BCUT2D eigenvalue weighted by molar-refractivity contribution is 7.14. The maximum atomic E-state index is 12.9. The van der Waals surface area contributed by atoms with Gasteiger partial charge < -0.3 is 10.6 Å². The molecule has 3 rings (SSSR count). The number of carbonyl (C=O) groups excluding carboxylic acids is 1. The van der Waals surface area contributed by atoms with Crippen LogP contribution in [0.5, 0.6) is 0 Å². The van der Waals surface area contributed by atoms with E-state index in [1.165, 1.54) is 23.5 Å². The highest BCUT2D eigenvalue weighted by Gasteiger charge is 2.11. The molecule has 0 aliphatic heterocycles. The molecule has 1 aromatic heterocycles. The number of thiazole rings is 1. The van der Waals surface area contributed by atoms with E-state index in [1.807, 2.05) is 17.5 Å². The summed E-state index contributed by atoms with van der Waals surface area (Å²) in [6.45, 7) is 0. The monoisotopic (exact) mass is 395 g/mol. The number of hydrogen-bond acceptors (Lipinski definition) is 4. The largest absolute Gasteiger partial charge is 0.332 e. The number of alkyl halides is 2. The second-order valence-electron chi connectivity index (χ2n) is 5.04. The van der Waals surface area contributed by atoms with E-state index in [4.69, 9.17) is 23.2 Å². The van der Waals surface area contributed by atoms with Crippen LogP contribution in [0.15, 0.2) is 53.9 Å². The van der Waals surface area contributed by atoms with Crippen LogP contribution in [-0.4, -0.2) is 15.7 Å². The normalized spacial score (nSPS) is 10.7. The van der Waals surface area contributed by atoms with Crippen LogP contribution in [0.3, 0.4) is 0 Å². The first-order chi connectivity index (χ1) is 12.0. The van der Waals surface area contributed by atoms with E-state index in [9.17, 15) is 9.18 Å². The van der Waals surface area contributed by atoms with Crippen molar-refractivity contribution in [3.63, 3.8) is 0 Å². The third-order valence-corrected chi connectivity index (χ3v) is 4.40. The number of halogens is 3.